The molecule has 4 heteroatoms. The van der Waals surface area contributed by atoms with E-state index in [2.05, 4.69) is 5.32 Å². The Balaban J connectivity index is 2.93. The van der Waals surface area contributed by atoms with Crippen molar-refractivity contribution in [2.24, 2.45) is 0 Å². The van der Waals surface area contributed by atoms with Gasteiger partial charge in [-0.15, -0.1) is 0 Å². The zero-order chi connectivity index (χ0) is 11.5. The van der Waals surface area contributed by atoms with E-state index in [1.165, 1.54) is 0 Å². The van der Waals surface area contributed by atoms with Gasteiger partial charge in [0.15, 0.2) is 0 Å². The van der Waals surface area contributed by atoms with Gasteiger partial charge in [-0.25, -0.2) is 0 Å². The van der Waals surface area contributed by atoms with E-state index in [0.717, 1.165) is 11.4 Å². The second-order valence-electron chi connectivity index (χ2n) is 4.12. The lowest BCUT2D eigenvalue weighted by atomic mass is 10.1. The molecule has 0 aromatic heterocycles. The first kappa shape index (κ1) is 11.7. The van der Waals surface area contributed by atoms with Crippen LogP contribution in [0.15, 0.2) is 18.2 Å². The summed E-state index contributed by atoms with van der Waals surface area (Å²) < 4.78 is 5.10. The van der Waals surface area contributed by atoms with Gasteiger partial charge in [-0.1, -0.05) is 0 Å². The van der Waals surface area contributed by atoms with Crippen LogP contribution in [0.2, 0.25) is 0 Å². The van der Waals surface area contributed by atoms with Gasteiger partial charge in [0.1, 0.15) is 5.75 Å². The molecule has 0 spiro atoms. The van der Waals surface area contributed by atoms with Gasteiger partial charge in [0.05, 0.1) is 30.6 Å². The third kappa shape index (κ3) is 3.02. The number of anilines is 2. The molecule has 84 valence electrons. The van der Waals surface area contributed by atoms with Gasteiger partial charge in [-0.05, 0) is 26.0 Å². The SMILES string of the molecule is COc1ccc(N)c(NC(C)(C)CO)c1. The van der Waals surface area contributed by atoms with Gasteiger partial charge in [-0.3, -0.25) is 0 Å². The second-order valence-corrected chi connectivity index (χ2v) is 4.12. The first-order valence-corrected chi connectivity index (χ1v) is 4.81. The molecule has 0 aliphatic heterocycles. The fourth-order valence-electron chi connectivity index (χ4n) is 1.17. The second kappa shape index (κ2) is 4.40. The number of nitrogen functional groups attached to an aromatic ring is 1. The molecule has 0 radical (unpaired) electrons. The van der Waals surface area contributed by atoms with Crippen molar-refractivity contribution >= 4 is 11.4 Å². The lowest BCUT2D eigenvalue weighted by molar-refractivity contribution is 0.234. The smallest absolute Gasteiger partial charge is 0.121 e. The molecule has 4 nitrogen and oxygen atoms in total. The number of aliphatic hydroxyl groups is 1. The minimum absolute atomic E-state index is 0.0314. The minimum atomic E-state index is -0.402. The van der Waals surface area contributed by atoms with Gasteiger partial charge in [0, 0.05) is 6.07 Å². The number of nitrogens with two attached hydrogens (primary N) is 1. The van der Waals surface area contributed by atoms with Crippen LogP contribution in [0.4, 0.5) is 11.4 Å². The van der Waals surface area contributed by atoms with Crippen molar-refractivity contribution in [3.63, 3.8) is 0 Å². The number of hydrogen-bond donors (Lipinski definition) is 3. The molecule has 4 N–H and O–H groups in total. The quantitative estimate of drug-likeness (QED) is 0.658. The van der Waals surface area contributed by atoms with Crippen molar-refractivity contribution in [2.75, 3.05) is 24.8 Å². The van der Waals surface area contributed by atoms with Crippen LogP contribution in [-0.4, -0.2) is 24.4 Å². The maximum absolute atomic E-state index is 9.14. The molecule has 15 heavy (non-hydrogen) atoms. The molecule has 0 aliphatic carbocycles. The third-order valence-electron chi connectivity index (χ3n) is 2.13. The van der Waals surface area contributed by atoms with Crippen LogP contribution in [0, 0.1) is 0 Å². The summed E-state index contributed by atoms with van der Waals surface area (Å²) in [4.78, 5) is 0. The van der Waals surface area contributed by atoms with E-state index in [4.69, 9.17) is 15.6 Å². The van der Waals surface area contributed by atoms with E-state index in [9.17, 15) is 0 Å². The average molecular weight is 210 g/mol. The molecule has 1 rings (SSSR count). The fraction of sp³-hybridized carbons (Fsp3) is 0.455. The molecule has 0 aliphatic rings. The predicted molar refractivity (Wildman–Crippen MR) is 62.2 cm³/mol. The Kier molecular flexibility index (Phi) is 3.42. The van der Waals surface area contributed by atoms with Crippen LogP contribution in [0.1, 0.15) is 13.8 Å². The van der Waals surface area contributed by atoms with Crippen molar-refractivity contribution < 1.29 is 9.84 Å². The van der Waals surface area contributed by atoms with Crippen LogP contribution in [0.3, 0.4) is 0 Å². The Morgan fingerprint density at radius 2 is 2.13 bits per heavy atom. The number of aliphatic hydroxyl groups excluding tert-OH is 1. The molecular weight excluding hydrogens is 192 g/mol. The maximum atomic E-state index is 9.14. The monoisotopic (exact) mass is 210 g/mol. The molecule has 1 aromatic carbocycles. The lowest BCUT2D eigenvalue weighted by Crippen LogP contribution is -2.35. The standard InChI is InChI=1S/C11H18N2O2/c1-11(2,7-14)13-10-6-8(15-3)4-5-9(10)12/h4-6,13-14H,7,12H2,1-3H3. The highest BCUT2D eigenvalue weighted by atomic mass is 16.5. The summed E-state index contributed by atoms with van der Waals surface area (Å²) in [6.07, 6.45) is 0. The summed E-state index contributed by atoms with van der Waals surface area (Å²) in [5.41, 5.74) is 6.81. The van der Waals surface area contributed by atoms with Gasteiger partial charge in [0.25, 0.3) is 0 Å². The maximum Gasteiger partial charge on any atom is 0.121 e. The summed E-state index contributed by atoms with van der Waals surface area (Å²) in [5.74, 6) is 0.737. The Morgan fingerprint density at radius 3 is 2.67 bits per heavy atom. The van der Waals surface area contributed by atoms with Crippen molar-refractivity contribution in [1.29, 1.82) is 0 Å². The van der Waals surface area contributed by atoms with E-state index in [1.54, 1.807) is 19.2 Å². The molecule has 0 unspecified atom stereocenters. The summed E-state index contributed by atoms with van der Waals surface area (Å²) >= 11 is 0. The summed E-state index contributed by atoms with van der Waals surface area (Å²) in [6.45, 7) is 3.82. The molecule has 0 saturated heterocycles. The van der Waals surface area contributed by atoms with Gasteiger partial charge >= 0.3 is 0 Å². The Bertz CT molecular complexity index is 337. The molecule has 1 aromatic rings. The molecule has 0 amide bonds. The third-order valence-corrected chi connectivity index (χ3v) is 2.13. The number of benzene rings is 1. The van der Waals surface area contributed by atoms with E-state index < -0.39 is 5.54 Å². The van der Waals surface area contributed by atoms with Crippen LogP contribution in [-0.2, 0) is 0 Å². The van der Waals surface area contributed by atoms with E-state index >= 15 is 0 Å². The van der Waals surface area contributed by atoms with Crippen molar-refractivity contribution in [1.82, 2.24) is 0 Å². The summed E-state index contributed by atoms with van der Waals surface area (Å²) in [6, 6.07) is 5.38. The van der Waals surface area contributed by atoms with Crippen LogP contribution >= 0.6 is 0 Å². The predicted octanol–water partition coefficient (Wildman–Crippen LogP) is 1.46. The topological polar surface area (TPSA) is 67.5 Å². The number of nitrogens with one attached hydrogen (secondary N) is 1. The number of ether oxygens (including phenoxy) is 1. The molecule has 0 saturated carbocycles. The zero-order valence-electron chi connectivity index (χ0n) is 9.37. The normalized spacial score (nSPS) is 11.2. The molecule has 0 atom stereocenters. The Morgan fingerprint density at radius 1 is 1.47 bits per heavy atom. The largest absolute Gasteiger partial charge is 0.497 e. The van der Waals surface area contributed by atoms with E-state index in [1.807, 2.05) is 19.9 Å². The van der Waals surface area contributed by atoms with Gasteiger partial charge in [-0.2, -0.15) is 0 Å². The minimum Gasteiger partial charge on any atom is -0.497 e. The Labute approximate surface area is 90.1 Å². The number of methoxy groups -OCH3 is 1. The first-order chi connectivity index (χ1) is 6.98. The van der Waals surface area contributed by atoms with E-state index in [0.29, 0.717) is 5.69 Å². The number of hydrogen-bond acceptors (Lipinski definition) is 4. The molecular formula is C11H18N2O2. The van der Waals surface area contributed by atoms with Gasteiger partial charge in [0.2, 0.25) is 0 Å². The van der Waals surface area contributed by atoms with E-state index in [-0.39, 0.29) is 6.61 Å². The van der Waals surface area contributed by atoms with Crippen molar-refractivity contribution in [3.05, 3.63) is 18.2 Å². The van der Waals surface area contributed by atoms with Crippen LogP contribution < -0.4 is 15.8 Å². The van der Waals surface area contributed by atoms with Crippen LogP contribution in [0.5, 0.6) is 5.75 Å². The van der Waals surface area contributed by atoms with Crippen molar-refractivity contribution in [3.8, 4) is 5.75 Å². The Hall–Kier alpha value is -1.42. The summed E-state index contributed by atoms with van der Waals surface area (Å²) in [5, 5.41) is 12.3. The zero-order valence-corrected chi connectivity index (χ0v) is 9.37. The molecule has 0 bridgehead atoms. The highest BCUT2D eigenvalue weighted by molar-refractivity contribution is 5.69. The van der Waals surface area contributed by atoms with Crippen LogP contribution in [0.25, 0.3) is 0 Å². The lowest BCUT2D eigenvalue weighted by Gasteiger charge is -2.26. The van der Waals surface area contributed by atoms with Crippen molar-refractivity contribution in [2.45, 2.75) is 19.4 Å². The fourth-order valence-corrected chi connectivity index (χ4v) is 1.17. The first-order valence-electron chi connectivity index (χ1n) is 4.81. The molecule has 0 fully saturated rings. The highest BCUT2D eigenvalue weighted by Gasteiger charge is 2.17. The summed E-state index contributed by atoms with van der Waals surface area (Å²) in [7, 11) is 1.60. The van der Waals surface area contributed by atoms with Gasteiger partial charge < -0.3 is 20.9 Å². The molecule has 0 heterocycles. The number of rotatable bonds is 4. The average Bonchev–Trinajstić information content (AvgIpc) is 2.21. The highest BCUT2D eigenvalue weighted by Crippen LogP contribution is 2.26.